The molecule has 106 valence electrons. The maximum atomic E-state index is 6.22. The summed E-state index contributed by atoms with van der Waals surface area (Å²) in [5.74, 6) is 10.7. The van der Waals surface area contributed by atoms with Crippen LogP contribution in [0.4, 0.5) is 0 Å². The van der Waals surface area contributed by atoms with Crippen molar-refractivity contribution in [3.05, 3.63) is 59.7 Å². The molecule has 1 heteroatoms. The first-order chi connectivity index (χ1) is 10.9. The molecule has 1 nitrogen and oxygen atoms in total. The standard InChI is InChI=1S/C21H16O/c1-3-7-11-9(5-1)17(10-6-2-4-8-12(10)22-11)21-18-14-13-15(18)20(21)16(13)19(14)21/h1-8,13-20H. The number of fused-ring (bicyclic) bond motifs is 2. The van der Waals surface area contributed by atoms with Crippen LogP contribution in [-0.4, -0.2) is 0 Å². The molecule has 0 unspecified atom stereocenters. The number of hydrogen-bond donors (Lipinski definition) is 0. The molecule has 6 aliphatic carbocycles. The summed E-state index contributed by atoms with van der Waals surface area (Å²) >= 11 is 0. The highest BCUT2D eigenvalue weighted by atomic mass is 16.5. The zero-order valence-corrected chi connectivity index (χ0v) is 12.1. The van der Waals surface area contributed by atoms with E-state index in [9.17, 15) is 0 Å². The summed E-state index contributed by atoms with van der Waals surface area (Å²) in [7, 11) is 0. The van der Waals surface area contributed by atoms with Gasteiger partial charge in [0, 0.05) is 17.0 Å². The Hall–Kier alpha value is -1.76. The average Bonchev–Trinajstić information content (AvgIpc) is 2.60. The van der Waals surface area contributed by atoms with Crippen molar-refractivity contribution in [3.8, 4) is 11.5 Å². The Morgan fingerprint density at radius 1 is 0.636 bits per heavy atom. The van der Waals surface area contributed by atoms with Gasteiger partial charge in [0.1, 0.15) is 11.5 Å². The second kappa shape index (κ2) is 2.64. The van der Waals surface area contributed by atoms with Crippen molar-refractivity contribution < 1.29 is 4.74 Å². The van der Waals surface area contributed by atoms with E-state index in [0.717, 1.165) is 47.0 Å². The Morgan fingerprint density at radius 3 is 1.68 bits per heavy atom. The minimum atomic E-state index is 0.610. The van der Waals surface area contributed by atoms with Gasteiger partial charge in [0.2, 0.25) is 0 Å². The summed E-state index contributed by atoms with van der Waals surface area (Å²) in [4.78, 5) is 0. The van der Waals surface area contributed by atoms with Crippen molar-refractivity contribution in [1.82, 2.24) is 0 Å². The SMILES string of the molecule is c1ccc2c(c1)Oc1ccccc1C2C12C3C4C5C3C1C5C42. The van der Waals surface area contributed by atoms with Crippen molar-refractivity contribution >= 4 is 0 Å². The largest absolute Gasteiger partial charge is 0.457 e. The number of ether oxygens (including phenoxy) is 1. The summed E-state index contributed by atoms with van der Waals surface area (Å²) in [6.07, 6.45) is 0. The maximum Gasteiger partial charge on any atom is 0.131 e. The van der Waals surface area contributed by atoms with Crippen LogP contribution < -0.4 is 4.74 Å². The van der Waals surface area contributed by atoms with Gasteiger partial charge in [0.15, 0.2) is 0 Å². The van der Waals surface area contributed by atoms with Gasteiger partial charge in [-0.05, 0) is 59.0 Å². The van der Waals surface area contributed by atoms with Gasteiger partial charge in [0.25, 0.3) is 0 Å². The fourth-order valence-corrected chi connectivity index (χ4v) is 8.55. The lowest BCUT2D eigenvalue weighted by Gasteiger charge is -3.09. The zero-order valence-electron chi connectivity index (χ0n) is 12.1. The van der Waals surface area contributed by atoms with Gasteiger partial charge in [-0.1, -0.05) is 36.4 Å². The highest BCUT2D eigenvalue weighted by molar-refractivity contribution is 5.62. The molecule has 0 spiro atoms. The highest BCUT2D eigenvalue weighted by Crippen LogP contribution is 3.08. The van der Waals surface area contributed by atoms with Crippen molar-refractivity contribution in [2.75, 3.05) is 0 Å². The summed E-state index contributed by atoms with van der Waals surface area (Å²) in [5, 5.41) is 0. The molecule has 1 heterocycles. The van der Waals surface area contributed by atoms with Gasteiger partial charge in [-0.3, -0.25) is 0 Å². The molecule has 0 N–H and O–H groups in total. The second-order valence-electron chi connectivity index (χ2n) is 8.50. The van der Waals surface area contributed by atoms with Crippen LogP contribution in [0.1, 0.15) is 17.0 Å². The average molecular weight is 284 g/mol. The molecule has 6 fully saturated rings. The van der Waals surface area contributed by atoms with Gasteiger partial charge in [-0.2, -0.15) is 0 Å². The molecule has 0 saturated heterocycles. The summed E-state index contributed by atoms with van der Waals surface area (Å²) in [6, 6.07) is 17.6. The highest BCUT2D eigenvalue weighted by Gasteiger charge is 3.05. The van der Waals surface area contributed by atoms with Crippen LogP contribution in [0.2, 0.25) is 0 Å². The molecule has 0 aromatic heterocycles. The van der Waals surface area contributed by atoms with E-state index in [4.69, 9.17) is 4.74 Å². The fraction of sp³-hybridized carbons (Fsp3) is 0.429. The van der Waals surface area contributed by atoms with Crippen LogP contribution in [0.5, 0.6) is 11.5 Å². The molecule has 0 bridgehead atoms. The van der Waals surface area contributed by atoms with E-state index in [1.165, 1.54) is 17.0 Å². The molecular weight excluding hydrogens is 268 g/mol. The van der Waals surface area contributed by atoms with E-state index in [1.807, 2.05) is 0 Å². The van der Waals surface area contributed by atoms with Crippen LogP contribution in [0.25, 0.3) is 0 Å². The van der Waals surface area contributed by atoms with Gasteiger partial charge in [-0.25, -0.2) is 0 Å². The molecule has 9 rings (SSSR count). The van der Waals surface area contributed by atoms with Crippen molar-refractivity contribution in [1.29, 1.82) is 0 Å². The Balaban J connectivity index is 1.41. The minimum absolute atomic E-state index is 0.610. The van der Waals surface area contributed by atoms with E-state index < -0.39 is 0 Å². The van der Waals surface area contributed by atoms with Crippen LogP contribution in [0, 0.1) is 46.8 Å². The van der Waals surface area contributed by atoms with E-state index >= 15 is 0 Å². The minimum Gasteiger partial charge on any atom is -0.457 e. The van der Waals surface area contributed by atoms with Gasteiger partial charge < -0.3 is 4.74 Å². The molecule has 0 amide bonds. The Labute approximate surface area is 129 Å². The van der Waals surface area contributed by atoms with Crippen LogP contribution in [-0.2, 0) is 0 Å². The second-order valence-corrected chi connectivity index (χ2v) is 8.50. The lowest BCUT2D eigenvalue weighted by atomic mass is 8.95. The molecular formula is C21H16O. The predicted octanol–water partition coefficient (Wildman–Crippen LogP) is 4.29. The third kappa shape index (κ3) is 0.637. The first-order valence-corrected chi connectivity index (χ1v) is 8.79. The molecule has 0 atom stereocenters. The van der Waals surface area contributed by atoms with Crippen molar-refractivity contribution in [2.24, 2.45) is 46.8 Å². The van der Waals surface area contributed by atoms with Gasteiger partial charge in [-0.15, -0.1) is 0 Å². The Morgan fingerprint density at radius 2 is 1.14 bits per heavy atom. The first-order valence-electron chi connectivity index (χ1n) is 8.79. The number of benzene rings is 2. The van der Waals surface area contributed by atoms with Crippen LogP contribution >= 0.6 is 0 Å². The molecule has 6 saturated carbocycles. The van der Waals surface area contributed by atoms with E-state index in [0.29, 0.717) is 11.3 Å². The predicted molar refractivity (Wildman–Crippen MR) is 81.7 cm³/mol. The van der Waals surface area contributed by atoms with E-state index in [-0.39, 0.29) is 0 Å². The van der Waals surface area contributed by atoms with Crippen LogP contribution in [0.15, 0.2) is 48.5 Å². The summed E-state index contributed by atoms with van der Waals surface area (Å²) in [5.41, 5.74) is 3.58. The maximum absolute atomic E-state index is 6.22. The van der Waals surface area contributed by atoms with E-state index in [1.54, 1.807) is 0 Å². The summed E-state index contributed by atoms with van der Waals surface area (Å²) in [6.45, 7) is 0. The topological polar surface area (TPSA) is 9.23 Å². The molecule has 0 radical (unpaired) electrons. The monoisotopic (exact) mass is 284 g/mol. The normalized spacial score (nSPS) is 52.5. The summed E-state index contributed by atoms with van der Waals surface area (Å²) < 4.78 is 6.22. The molecule has 2 aromatic rings. The first kappa shape index (κ1) is 10.1. The fourth-order valence-electron chi connectivity index (χ4n) is 8.55. The van der Waals surface area contributed by atoms with Crippen molar-refractivity contribution in [3.63, 3.8) is 0 Å². The molecule has 22 heavy (non-hydrogen) atoms. The number of hydrogen-bond acceptors (Lipinski definition) is 1. The quantitative estimate of drug-likeness (QED) is 0.759. The molecule has 2 aromatic carbocycles. The zero-order chi connectivity index (χ0) is 13.8. The smallest absolute Gasteiger partial charge is 0.131 e. The van der Waals surface area contributed by atoms with Crippen LogP contribution in [0.3, 0.4) is 0 Å². The molecule has 7 aliphatic rings. The number of rotatable bonds is 1. The van der Waals surface area contributed by atoms with E-state index in [2.05, 4.69) is 48.5 Å². The molecule has 1 aliphatic heterocycles. The van der Waals surface area contributed by atoms with Gasteiger partial charge in [0.05, 0.1) is 0 Å². The number of para-hydroxylation sites is 2. The Bertz CT molecular complexity index is 800. The lowest BCUT2D eigenvalue weighted by molar-refractivity contribution is -0.618. The lowest BCUT2D eigenvalue weighted by Crippen LogP contribution is -3.06. The van der Waals surface area contributed by atoms with Crippen molar-refractivity contribution in [2.45, 2.75) is 5.92 Å². The van der Waals surface area contributed by atoms with Gasteiger partial charge >= 0.3 is 0 Å². The Kier molecular flexibility index (Phi) is 1.21. The third-order valence-electron chi connectivity index (χ3n) is 8.73. The third-order valence-corrected chi connectivity index (χ3v) is 8.73.